The summed E-state index contributed by atoms with van der Waals surface area (Å²) in [5.41, 5.74) is 0. The van der Waals surface area contributed by atoms with Crippen molar-refractivity contribution >= 4 is 0 Å². The maximum atomic E-state index is 3.74. The molecule has 2 heterocycles. The average molecular weight is 180 g/mol. The van der Waals surface area contributed by atoms with Crippen LogP contribution in [-0.2, 0) is 0 Å². The molecule has 0 bridgehead atoms. The van der Waals surface area contributed by atoms with Gasteiger partial charge in [-0.15, -0.1) is 6.58 Å². The Bertz CT molecular complexity index is 179. The zero-order valence-electron chi connectivity index (χ0n) is 8.34. The molecule has 74 valence electrons. The van der Waals surface area contributed by atoms with Crippen LogP contribution >= 0.6 is 0 Å². The summed E-state index contributed by atoms with van der Waals surface area (Å²) < 4.78 is 0. The predicted molar refractivity (Wildman–Crippen MR) is 55.8 cm³/mol. The molecule has 2 fully saturated rings. The highest BCUT2D eigenvalue weighted by molar-refractivity contribution is 4.90. The van der Waals surface area contributed by atoms with E-state index in [1.165, 1.54) is 38.8 Å². The second-order valence-electron chi connectivity index (χ2n) is 4.25. The first-order valence-corrected chi connectivity index (χ1v) is 5.48. The highest BCUT2D eigenvalue weighted by atomic mass is 15.2. The number of nitrogens with one attached hydrogen (secondary N) is 1. The third kappa shape index (κ3) is 2.12. The van der Waals surface area contributed by atoms with Gasteiger partial charge in [-0.3, -0.25) is 0 Å². The van der Waals surface area contributed by atoms with Crippen LogP contribution in [0.3, 0.4) is 0 Å². The van der Waals surface area contributed by atoms with Crippen molar-refractivity contribution in [1.29, 1.82) is 0 Å². The summed E-state index contributed by atoms with van der Waals surface area (Å²) in [6, 6.07) is 1.63. The Balaban J connectivity index is 1.79. The minimum atomic E-state index is 0.748. The second kappa shape index (κ2) is 4.25. The van der Waals surface area contributed by atoms with Crippen molar-refractivity contribution in [2.45, 2.75) is 37.8 Å². The van der Waals surface area contributed by atoms with Gasteiger partial charge in [0.05, 0.1) is 0 Å². The fraction of sp³-hybridized carbons (Fsp3) is 0.818. The molecule has 2 unspecified atom stereocenters. The van der Waals surface area contributed by atoms with E-state index in [0.29, 0.717) is 0 Å². The largest absolute Gasteiger partial charge is 0.310 e. The molecule has 2 rings (SSSR count). The molecule has 0 aromatic heterocycles. The third-order valence-electron chi connectivity index (χ3n) is 3.37. The van der Waals surface area contributed by atoms with Gasteiger partial charge in [0.25, 0.3) is 0 Å². The summed E-state index contributed by atoms with van der Waals surface area (Å²) in [6.07, 6.45) is 7.48. The standard InChI is InChI=1S/C11H20N2/c1-2-6-12-10-5-8-13-7-3-4-11(13)9-10/h2,10-12H,1,3-9H2. The molecule has 0 amide bonds. The Labute approximate surface area is 81.0 Å². The molecule has 0 spiro atoms. The highest BCUT2D eigenvalue weighted by Gasteiger charge is 2.30. The van der Waals surface area contributed by atoms with Crippen LogP contribution in [0.5, 0.6) is 0 Å². The number of nitrogens with zero attached hydrogens (tertiary/aromatic N) is 1. The van der Waals surface area contributed by atoms with Crippen molar-refractivity contribution < 1.29 is 0 Å². The first-order valence-electron chi connectivity index (χ1n) is 5.48. The molecular formula is C11H20N2. The smallest absolute Gasteiger partial charge is 0.0134 e. The Kier molecular flexibility index (Phi) is 3.01. The lowest BCUT2D eigenvalue weighted by atomic mass is 9.98. The lowest BCUT2D eigenvalue weighted by molar-refractivity contribution is 0.169. The predicted octanol–water partition coefficient (Wildman–Crippen LogP) is 1.39. The van der Waals surface area contributed by atoms with Crippen molar-refractivity contribution in [3.8, 4) is 0 Å². The number of hydrogen-bond donors (Lipinski definition) is 1. The topological polar surface area (TPSA) is 15.3 Å². The van der Waals surface area contributed by atoms with Crippen molar-refractivity contribution in [3.63, 3.8) is 0 Å². The van der Waals surface area contributed by atoms with Gasteiger partial charge in [0.2, 0.25) is 0 Å². The molecule has 1 N–H and O–H groups in total. The molecule has 2 aliphatic rings. The fourth-order valence-corrected chi connectivity index (χ4v) is 2.66. The minimum Gasteiger partial charge on any atom is -0.310 e. The first kappa shape index (κ1) is 9.22. The summed E-state index contributed by atoms with van der Waals surface area (Å²) in [7, 11) is 0. The van der Waals surface area contributed by atoms with Gasteiger partial charge in [-0.05, 0) is 38.8 Å². The van der Waals surface area contributed by atoms with Crippen molar-refractivity contribution in [1.82, 2.24) is 10.2 Å². The molecule has 2 nitrogen and oxygen atoms in total. The van der Waals surface area contributed by atoms with Crippen LogP contribution < -0.4 is 5.32 Å². The summed E-state index contributed by atoms with van der Waals surface area (Å²) in [5.74, 6) is 0. The summed E-state index contributed by atoms with van der Waals surface area (Å²) in [5, 5.41) is 3.54. The van der Waals surface area contributed by atoms with E-state index in [2.05, 4.69) is 16.8 Å². The van der Waals surface area contributed by atoms with E-state index in [-0.39, 0.29) is 0 Å². The summed E-state index contributed by atoms with van der Waals surface area (Å²) in [4.78, 5) is 2.66. The second-order valence-corrected chi connectivity index (χ2v) is 4.25. The number of hydrogen-bond acceptors (Lipinski definition) is 2. The molecule has 0 aromatic rings. The third-order valence-corrected chi connectivity index (χ3v) is 3.37. The van der Waals surface area contributed by atoms with Crippen LogP contribution in [0.15, 0.2) is 12.7 Å². The van der Waals surface area contributed by atoms with Crippen LogP contribution in [0.4, 0.5) is 0 Å². The number of fused-ring (bicyclic) bond motifs is 1. The zero-order chi connectivity index (χ0) is 9.10. The lowest BCUT2D eigenvalue weighted by Crippen LogP contribution is -2.45. The van der Waals surface area contributed by atoms with Crippen molar-refractivity contribution in [2.75, 3.05) is 19.6 Å². The molecule has 2 heteroatoms. The van der Waals surface area contributed by atoms with E-state index < -0.39 is 0 Å². The summed E-state index contributed by atoms with van der Waals surface area (Å²) in [6.45, 7) is 7.36. The molecule has 2 saturated heterocycles. The molecular weight excluding hydrogens is 160 g/mol. The van der Waals surface area contributed by atoms with Gasteiger partial charge in [0.1, 0.15) is 0 Å². The molecule has 0 radical (unpaired) electrons. The Morgan fingerprint density at radius 1 is 1.38 bits per heavy atom. The minimum absolute atomic E-state index is 0.748. The fourth-order valence-electron chi connectivity index (χ4n) is 2.66. The highest BCUT2D eigenvalue weighted by Crippen LogP contribution is 2.26. The van der Waals surface area contributed by atoms with Crippen LogP contribution in [-0.4, -0.2) is 36.6 Å². The first-order chi connectivity index (χ1) is 6.40. The van der Waals surface area contributed by atoms with E-state index in [9.17, 15) is 0 Å². The number of piperidine rings is 1. The lowest BCUT2D eigenvalue weighted by Gasteiger charge is -2.35. The average Bonchev–Trinajstić information content (AvgIpc) is 2.61. The Hall–Kier alpha value is -0.340. The van der Waals surface area contributed by atoms with E-state index >= 15 is 0 Å². The maximum absolute atomic E-state index is 3.74. The van der Waals surface area contributed by atoms with Crippen LogP contribution in [0.1, 0.15) is 25.7 Å². The molecule has 0 aromatic carbocycles. The Morgan fingerprint density at radius 3 is 3.15 bits per heavy atom. The van der Waals surface area contributed by atoms with E-state index in [4.69, 9.17) is 0 Å². The van der Waals surface area contributed by atoms with E-state index in [1.807, 2.05) is 6.08 Å². The molecule has 0 saturated carbocycles. The van der Waals surface area contributed by atoms with Crippen LogP contribution in [0.2, 0.25) is 0 Å². The van der Waals surface area contributed by atoms with E-state index in [0.717, 1.165) is 18.6 Å². The van der Waals surface area contributed by atoms with Gasteiger partial charge in [0.15, 0.2) is 0 Å². The van der Waals surface area contributed by atoms with Gasteiger partial charge >= 0.3 is 0 Å². The molecule has 2 aliphatic heterocycles. The normalized spacial score (nSPS) is 34.5. The molecule has 0 aliphatic carbocycles. The van der Waals surface area contributed by atoms with Crippen molar-refractivity contribution in [3.05, 3.63) is 12.7 Å². The quantitative estimate of drug-likeness (QED) is 0.660. The van der Waals surface area contributed by atoms with Crippen LogP contribution in [0, 0.1) is 0 Å². The zero-order valence-corrected chi connectivity index (χ0v) is 8.34. The van der Waals surface area contributed by atoms with Gasteiger partial charge in [-0.25, -0.2) is 0 Å². The molecule has 13 heavy (non-hydrogen) atoms. The number of rotatable bonds is 3. The Morgan fingerprint density at radius 2 is 2.31 bits per heavy atom. The van der Waals surface area contributed by atoms with Gasteiger partial charge in [-0.1, -0.05) is 6.08 Å². The van der Waals surface area contributed by atoms with Gasteiger partial charge < -0.3 is 10.2 Å². The van der Waals surface area contributed by atoms with Crippen molar-refractivity contribution in [2.24, 2.45) is 0 Å². The van der Waals surface area contributed by atoms with Crippen LogP contribution in [0.25, 0.3) is 0 Å². The molecule has 2 atom stereocenters. The summed E-state index contributed by atoms with van der Waals surface area (Å²) >= 11 is 0. The van der Waals surface area contributed by atoms with E-state index in [1.54, 1.807) is 0 Å². The SMILES string of the molecule is C=CCNC1CCN2CCCC2C1. The van der Waals surface area contributed by atoms with Gasteiger partial charge in [0, 0.05) is 18.6 Å². The van der Waals surface area contributed by atoms with Gasteiger partial charge in [-0.2, -0.15) is 0 Å². The maximum Gasteiger partial charge on any atom is 0.0134 e. The monoisotopic (exact) mass is 180 g/mol.